The van der Waals surface area contributed by atoms with Crippen molar-refractivity contribution in [2.24, 2.45) is 0 Å². The molecule has 0 radical (unpaired) electrons. The maximum Gasteiger partial charge on any atom is 0.266 e. The second kappa shape index (κ2) is 10.4. The predicted molar refractivity (Wildman–Crippen MR) is 152 cm³/mol. The number of aromatic nitrogens is 2. The summed E-state index contributed by atoms with van der Waals surface area (Å²) in [5.41, 5.74) is 4.29. The van der Waals surface area contributed by atoms with Gasteiger partial charge < -0.3 is 4.74 Å². The van der Waals surface area contributed by atoms with Gasteiger partial charge in [0.15, 0.2) is 9.84 Å². The molecule has 2 aromatic carbocycles. The number of hydrogen-bond donors (Lipinski definition) is 0. The van der Waals surface area contributed by atoms with Crippen LogP contribution in [0.5, 0.6) is 5.75 Å². The van der Waals surface area contributed by atoms with Crippen molar-refractivity contribution in [3.8, 4) is 22.7 Å². The number of aryl methyl sites for hydroxylation is 1. The molecule has 1 amide bonds. The third-order valence-electron chi connectivity index (χ3n) is 6.36. The zero-order chi connectivity index (χ0) is 26.2. The van der Waals surface area contributed by atoms with Gasteiger partial charge in [-0.3, -0.25) is 9.69 Å². The number of rotatable bonds is 7. The summed E-state index contributed by atoms with van der Waals surface area (Å²) in [5, 5.41) is 4.87. The van der Waals surface area contributed by atoms with Crippen molar-refractivity contribution >= 4 is 50.1 Å². The minimum atomic E-state index is -3.15. The maximum atomic E-state index is 13.4. The first-order valence-corrected chi connectivity index (χ1v) is 15.2. The number of nitrogens with zero attached hydrogens (tertiary/aromatic N) is 3. The van der Waals surface area contributed by atoms with E-state index in [-0.39, 0.29) is 17.4 Å². The molecule has 1 atom stereocenters. The van der Waals surface area contributed by atoms with Gasteiger partial charge in [-0.25, -0.2) is 13.1 Å². The number of sulfone groups is 1. The number of thiocarbonyl (C=S) groups is 1. The Kier molecular flexibility index (Phi) is 7.24. The van der Waals surface area contributed by atoms with Gasteiger partial charge in [-0.2, -0.15) is 5.10 Å². The lowest BCUT2D eigenvalue weighted by Crippen LogP contribution is -2.39. The molecule has 3 aromatic rings. The van der Waals surface area contributed by atoms with Crippen LogP contribution in [0, 0.1) is 6.92 Å². The van der Waals surface area contributed by atoms with Gasteiger partial charge in [0.1, 0.15) is 15.8 Å². The van der Waals surface area contributed by atoms with Gasteiger partial charge in [0.05, 0.1) is 34.7 Å². The van der Waals surface area contributed by atoms with E-state index < -0.39 is 15.9 Å². The van der Waals surface area contributed by atoms with Crippen LogP contribution in [-0.4, -0.2) is 57.5 Å². The molecule has 2 saturated heterocycles. The zero-order valence-electron chi connectivity index (χ0n) is 20.6. The van der Waals surface area contributed by atoms with E-state index in [4.69, 9.17) is 22.1 Å². The van der Waals surface area contributed by atoms with E-state index in [0.29, 0.717) is 22.3 Å². The van der Waals surface area contributed by atoms with Crippen LogP contribution < -0.4 is 4.74 Å². The van der Waals surface area contributed by atoms with Crippen LogP contribution >= 0.6 is 24.0 Å². The topological polar surface area (TPSA) is 81.5 Å². The first kappa shape index (κ1) is 25.7. The molecular formula is C27H27N3O4S3. The lowest BCUT2D eigenvalue weighted by atomic mass is 10.0. The van der Waals surface area contributed by atoms with Crippen LogP contribution in [0.25, 0.3) is 23.0 Å². The standard InChI is InChI=1S/C27H27N3O4S3/c1-3-12-34-23-10-9-19(14-18(23)2)25-20(16-29(28-25)21-7-5-4-6-8-21)15-24-26(31)30(27(35)36-24)22-11-13-37(32,33)17-22/h4-10,14-16,22H,3,11-13,17H2,1-2H3. The van der Waals surface area contributed by atoms with E-state index in [1.54, 1.807) is 10.8 Å². The normalized spacial score (nSPS) is 20.2. The summed E-state index contributed by atoms with van der Waals surface area (Å²) in [7, 11) is -3.15. The van der Waals surface area contributed by atoms with Gasteiger partial charge in [-0.15, -0.1) is 0 Å². The highest BCUT2D eigenvalue weighted by molar-refractivity contribution is 8.26. The van der Waals surface area contributed by atoms with Crippen molar-refractivity contribution in [3.63, 3.8) is 0 Å². The van der Waals surface area contributed by atoms with Gasteiger partial charge in [-0.1, -0.05) is 49.1 Å². The summed E-state index contributed by atoms with van der Waals surface area (Å²) in [6, 6.07) is 15.3. The number of amides is 1. The van der Waals surface area contributed by atoms with Gasteiger partial charge >= 0.3 is 0 Å². The number of hydrogen-bond acceptors (Lipinski definition) is 7. The van der Waals surface area contributed by atoms with Crippen molar-refractivity contribution in [2.45, 2.75) is 32.7 Å². The number of thioether (sulfide) groups is 1. The molecule has 0 bridgehead atoms. The van der Waals surface area contributed by atoms with Crippen molar-refractivity contribution < 1.29 is 17.9 Å². The molecule has 0 spiro atoms. The minimum Gasteiger partial charge on any atom is -0.493 e. The Morgan fingerprint density at radius 3 is 2.68 bits per heavy atom. The smallest absolute Gasteiger partial charge is 0.266 e. The molecule has 0 N–H and O–H groups in total. The van der Waals surface area contributed by atoms with Crippen LogP contribution in [0.1, 0.15) is 30.9 Å². The largest absolute Gasteiger partial charge is 0.493 e. The van der Waals surface area contributed by atoms with Crippen LogP contribution in [0.2, 0.25) is 0 Å². The SMILES string of the molecule is CCCOc1ccc(-c2nn(-c3ccccc3)cc2C=C2SC(=S)N(C3CCS(=O)(=O)C3)C2=O)cc1C. The van der Waals surface area contributed by atoms with Crippen molar-refractivity contribution in [1.82, 2.24) is 14.7 Å². The van der Waals surface area contributed by atoms with E-state index in [1.165, 1.54) is 16.7 Å². The Labute approximate surface area is 226 Å². The van der Waals surface area contributed by atoms with Gasteiger partial charge in [0, 0.05) is 17.3 Å². The second-order valence-corrected chi connectivity index (χ2v) is 13.1. The van der Waals surface area contributed by atoms with Crippen LogP contribution in [0.4, 0.5) is 0 Å². The molecule has 2 fully saturated rings. The first-order valence-electron chi connectivity index (χ1n) is 12.1. The predicted octanol–water partition coefficient (Wildman–Crippen LogP) is 5.02. The highest BCUT2D eigenvalue weighted by atomic mass is 32.2. The van der Waals surface area contributed by atoms with Crippen LogP contribution in [-0.2, 0) is 14.6 Å². The fourth-order valence-corrected chi connectivity index (χ4v) is 7.61. The molecule has 0 saturated carbocycles. The molecule has 10 heteroatoms. The van der Waals surface area contributed by atoms with Crippen molar-refractivity contribution in [1.29, 1.82) is 0 Å². The fourth-order valence-electron chi connectivity index (χ4n) is 4.52. The van der Waals surface area contributed by atoms with Crippen LogP contribution in [0.3, 0.4) is 0 Å². The lowest BCUT2D eigenvalue weighted by molar-refractivity contribution is -0.123. The van der Waals surface area contributed by atoms with Crippen molar-refractivity contribution in [3.05, 3.63) is 70.8 Å². The molecule has 2 aliphatic rings. The number of carbonyl (C=O) groups is 1. The number of ether oxygens (including phenoxy) is 1. The second-order valence-electron chi connectivity index (χ2n) is 9.15. The fraction of sp³-hybridized carbons (Fsp3) is 0.296. The highest BCUT2D eigenvalue weighted by Gasteiger charge is 2.42. The summed E-state index contributed by atoms with van der Waals surface area (Å²) in [6.45, 7) is 4.72. The monoisotopic (exact) mass is 553 g/mol. The van der Waals surface area contributed by atoms with E-state index in [2.05, 4.69) is 6.92 Å². The molecule has 2 aliphatic heterocycles. The average molecular weight is 554 g/mol. The molecule has 1 aromatic heterocycles. The Balaban J connectivity index is 1.53. The van der Waals surface area contributed by atoms with Crippen molar-refractivity contribution in [2.75, 3.05) is 18.1 Å². The van der Waals surface area contributed by atoms with Gasteiger partial charge in [0.2, 0.25) is 0 Å². The zero-order valence-corrected chi connectivity index (χ0v) is 23.0. The molecule has 5 rings (SSSR count). The summed E-state index contributed by atoms with van der Waals surface area (Å²) in [6.07, 6.45) is 5.04. The van der Waals surface area contributed by atoms with E-state index in [9.17, 15) is 13.2 Å². The van der Waals surface area contributed by atoms with E-state index in [1.807, 2.05) is 61.7 Å². The molecule has 0 aliphatic carbocycles. The molecule has 7 nitrogen and oxygen atoms in total. The van der Waals surface area contributed by atoms with Crippen LogP contribution in [0.15, 0.2) is 59.6 Å². The summed E-state index contributed by atoms with van der Waals surface area (Å²) >= 11 is 6.70. The summed E-state index contributed by atoms with van der Waals surface area (Å²) < 4.78 is 32.0. The maximum absolute atomic E-state index is 13.4. The quantitative estimate of drug-likeness (QED) is 0.300. The van der Waals surface area contributed by atoms with E-state index in [0.717, 1.165) is 40.2 Å². The molecule has 37 heavy (non-hydrogen) atoms. The summed E-state index contributed by atoms with van der Waals surface area (Å²) in [4.78, 5) is 15.3. The Morgan fingerprint density at radius 1 is 1.22 bits per heavy atom. The molecule has 1 unspecified atom stereocenters. The highest BCUT2D eigenvalue weighted by Crippen LogP contribution is 2.38. The third kappa shape index (κ3) is 5.37. The van der Waals surface area contributed by atoms with Gasteiger partial charge in [-0.05, 0) is 61.7 Å². The number of para-hydroxylation sites is 1. The number of carbonyl (C=O) groups excluding carboxylic acids is 1. The summed E-state index contributed by atoms with van der Waals surface area (Å²) in [5.74, 6) is 0.617. The Morgan fingerprint density at radius 2 is 2.00 bits per heavy atom. The number of benzene rings is 2. The Bertz CT molecular complexity index is 1500. The minimum absolute atomic E-state index is 0.0460. The third-order valence-corrected chi connectivity index (χ3v) is 9.44. The lowest BCUT2D eigenvalue weighted by Gasteiger charge is -2.20. The first-order chi connectivity index (χ1) is 17.8. The van der Waals surface area contributed by atoms with Gasteiger partial charge in [0.25, 0.3) is 5.91 Å². The van der Waals surface area contributed by atoms with E-state index >= 15 is 0 Å². The average Bonchev–Trinajstić information content (AvgIpc) is 3.54. The molecule has 3 heterocycles. The Hall–Kier alpha value is -2.95. The molecule has 192 valence electrons. The molecular weight excluding hydrogens is 527 g/mol.